The molecule has 0 aromatic heterocycles. The van der Waals surface area contributed by atoms with Crippen LogP contribution in [0.5, 0.6) is 5.75 Å². The van der Waals surface area contributed by atoms with Crippen LogP contribution in [0.1, 0.15) is 24.8 Å². The van der Waals surface area contributed by atoms with Crippen molar-refractivity contribution < 1.29 is 4.74 Å². The van der Waals surface area contributed by atoms with Crippen LogP contribution >= 0.6 is 0 Å². The fourth-order valence-corrected chi connectivity index (χ4v) is 2.60. The minimum Gasteiger partial charge on any atom is -0.495 e. The quantitative estimate of drug-likeness (QED) is 0.902. The van der Waals surface area contributed by atoms with Gasteiger partial charge in [0.1, 0.15) is 11.8 Å². The van der Waals surface area contributed by atoms with E-state index in [1.807, 2.05) is 18.2 Å². The van der Waals surface area contributed by atoms with Crippen molar-refractivity contribution in [1.82, 2.24) is 4.90 Å². The predicted octanol–water partition coefficient (Wildman–Crippen LogP) is 2.46. The summed E-state index contributed by atoms with van der Waals surface area (Å²) in [4.78, 5) is 2.39. The number of ether oxygens (including phenoxy) is 1. The number of nitriles is 1. The molecular formula is C15H21N3O. The van der Waals surface area contributed by atoms with Crippen LogP contribution in [0, 0.1) is 11.3 Å². The highest BCUT2D eigenvalue weighted by atomic mass is 16.5. The maximum absolute atomic E-state index is 9.17. The van der Waals surface area contributed by atoms with Crippen molar-refractivity contribution in [3.05, 3.63) is 23.8 Å². The van der Waals surface area contributed by atoms with Crippen molar-refractivity contribution in [3.8, 4) is 11.8 Å². The molecule has 4 heteroatoms. The summed E-state index contributed by atoms with van der Waals surface area (Å²) < 4.78 is 5.33. The van der Waals surface area contributed by atoms with Gasteiger partial charge in [-0.25, -0.2) is 0 Å². The first-order chi connectivity index (χ1) is 9.26. The summed E-state index contributed by atoms with van der Waals surface area (Å²) in [6.07, 6.45) is 3.78. The molecule has 0 saturated carbocycles. The van der Waals surface area contributed by atoms with Crippen LogP contribution in [-0.4, -0.2) is 38.2 Å². The Morgan fingerprint density at radius 1 is 1.47 bits per heavy atom. The number of methoxy groups -OCH3 is 1. The monoisotopic (exact) mass is 259 g/mol. The Hall–Kier alpha value is -1.73. The number of hydrogen-bond donors (Lipinski definition) is 1. The zero-order chi connectivity index (χ0) is 13.7. The Kier molecular flexibility index (Phi) is 4.64. The second-order valence-corrected chi connectivity index (χ2v) is 5.01. The van der Waals surface area contributed by atoms with E-state index in [1.54, 1.807) is 7.11 Å². The van der Waals surface area contributed by atoms with Gasteiger partial charge in [-0.05, 0) is 38.6 Å². The molecule has 0 amide bonds. The van der Waals surface area contributed by atoms with Gasteiger partial charge >= 0.3 is 0 Å². The van der Waals surface area contributed by atoms with Gasteiger partial charge in [0.2, 0.25) is 0 Å². The number of anilines is 1. The van der Waals surface area contributed by atoms with Crippen LogP contribution in [0.25, 0.3) is 0 Å². The molecule has 0 aliphatic carbocycles. The minimum absolute atomic E-state index is 0.533. The second kappa shape index (κ2) is 6.44. The molecule has 1 aliphatic heterocycles. The third-order valence-electron chi connectivity index (χ3n) is 3.80. The number of nitrogens with one attached hydrogen (secondary N) is 1. The molecule has 1 aliphatic rings. The molecule has 1 atom stereocenters. The van der Waals surface area contributed by atoms with Crippen molar-refractivity contribution >= 4 is 5.69 Å². The van der Waals surface area contributed by atoms with E-state index in [1.165, 1.54) is 19.3 Å². The lowest BCUT2D eigenvalue weighted by atomic mass is 10.0. The lowest BCUT2D eigenvalue weighted by molar-refractivity contribution is 0.194. The van der Waals surface area contributed by atoms with E-state index < -0.39 is 0 Å². The maximum atomic E-state index is 9.17. The molecule has 1 N–H and O–H groups in total. The van der Waals surface area contributed by atoms with Gasteiger partial charge in [0.25, 0.3) is 0 Å². The molecule has 1 saturated heterocycles. The third-order valence-corrected chi connectivity index (χ3v) is 3.80. The number of nitrogens with zero attached hydrogens (tertiary/aromatic N) is 2. The lowest BCUT2D eigenvalue weighted by Crippen LogP contribution is -2.40. The summed E-state index contributed by atoms with van der Waals surface area (Å²) in [6.45, 7) is 2.01. The van der Waals surface area contributed by atoms with Gasteiger partial charge in [0.05, 0.1) is 18.4 Å². The molecule has 4 nitrogen and oxygen atoms in total. The number of piperidine rings is 1. The van der Waals surface area contributed by atoms with Crippen molar-refractivity contribution in [2.75, 3.05) is 32.6 Å². The molecule has 1 unspecified atom stereocenters. The largest absolute Gasteiger partial charge is 0.495 e. The van der Waals surface area contributed by atoms with E-state index in [0.29, 0.717) is 11.6 Å². The fraction of sp³-hybridized carbons (Fsp3) is 0.533. The summed E-state index contributed by atoms with van der Waals surface area (Å²) in [6, 6.07) is 8.29. The normalized spacial score (nSPS) is 19.7. The highest BCUT2D eigenvalue weighted by Crippen LogP contribution is 2.28. The minimum atomic E-state index is 0.533. The van der Waals surface area contributed by atoms with Crippen molar-refractivity contribution in [2.45, 2.75) is 25.3 Å². The molecule has 1 heterocycles. The molecular weight excluding hydrogens is 238 g/mol. The molecule has 1 aromatic rings. The summed E-state index contributed by atoms with van der Waals surface area (Å²) in [5.74, 6) is 0.734. The average molecular weight is 259 g/mol. The number of benzene rings is 1. The maximum Gasteiger partial charge on any atom is 0.143 e. The molecule has 1 aromatic carbocycles. The van der Waals surface area contributed by atoms with E-state index in [-0.39, 0.29) is 0 Å². The van der Waals surface area contributed by atoms with Crippen LogP contribution in [0.2, 0.25) is 0 Å². The van der Waals surface area contributed by atoms with E-state index in [4.69, 9.17) is 4.74 Å². The highest BCUT2D eigenvalue weighted by Gasteiger charge is 2.19. The second-order valence-electron chi connectivity index (χ2n) is 5.01. The first-order valence-corrected chi connectivity index (χ1v) is 6.77. The number of likely N-dealkylation sites (tertiary alicyclic amines) is 1. The topological polar surface area (TPSA) is 48.3 Å². The van der Waals surface area contributed by atoms with Gasteiger partial charge in [0, 0.05) is 12.6 Å². The molecule has 0 spiro atoms. The number of likely N-dealkylation sites (N-methyl/N-ethyl adjacent to an activating group) is 1. The van der Waals surface area contributed by atoms with Gasteiger partial charge in [-0.15, -0.1) is 0 Å². The van der Waals surface area contributed by atoms with Gasteiger partial charge in [-0.3, -0.25) is 0 Å². The van der Waals surface area contributed by atoms with Crippen molar-refractivity contribution in [2.24, 2.45) is 0 Å². The Labute approximate surface area is 115 Å². The Morgan fingerprint density at radius 2 is 2.32 bits per heavy atom. The summed E-state index contributed by atoms with van der Waals surface area (Å²) in [5, 5.41) is 12.6. The van der Waals surface area contributed by atoms with E-state index in [2.05, 4.69) is 23.3 Å². The zero-order valence-corrected chi connectivity index (χ0v) is 11.6. The number of para-hydroxylation sites is 1. The van der Waals surface area contributed by atoms with Crippen LogP contribution in [-0.2, 0) is 0 Å². The molecule has 0 radical (unpaired) electrons. The number of hydrogen-bond acceptors (Lipinski definition) is 4. The van der Waals surface area contributed by atoms with Crippen LogP contribution in [0.3, 0.4) is 0 Å². The Balaban J connectivity index is 2.08. The van der Waals surface area contributed by atoms with Gasteiger partial charge in [-0.2, -0.15) is 5.26 Å². The van der Waals surface area contributed by atoms with E-state index in [9.17, 15) is 5.26 Å². The van der Waals surface area contributed by atoms with Gasteiger partial charge in [0.15, 0.2) is 0 Å². The van der Waals surface area contributed by atoms with Crippen LogP contribution in [0.15, 0.2) is 18.2 Å². The van der Waals surface area contributed by atoms with E-state index in [0.717, 1.165) is 24.5 Å². The molecule has 102 valence electrons. The van der Waals surface area contributed by atoms with Crippen molar-refractivity contribution in [3.63, 3.8) is 0 Å². The first kappa shape index (κ1) is 13.7. The van der Waals surface area contributed by atoms with Gasteiger partial charge in [-0.1, -0.05) is 12.5 Å². The lowest BCUT2D eigenvalue weighted by Gasteiger charge is -2.33. The molecule has 1 fully saturated rings. The molecule has 19 heavy (non-hydrogen) atoms. The average Bonchev–Trinajstić information content (AvgIpc) is 2.46. The standard InChI is InChI=1S/C15H21N3O/c1-18-9-4-3-7-13(18)11-17-15-12(10-16)6-5-8-14(15)19-2/h5-6,8,13,17H,3-4,7,9,11H2,1-2H3. The smallest absolute Gasteiger partial charge is 0.143 e. The first-order valence-electron chi connectivity index (χ1n) is 6.77. The number of rotatable bonds is 4. The third kappa shape index (κ3) is 3.18. The van der Waals surface area contributed by atoms with Crippen molar-refractivity contribution in [1.29, 1.82) is 5.26 Å². The zero-order valence-electron chi connectivity index (χ0n) is 11.6. The Morgan fingerprint density at radius 3 is 3.00 bits per heavy atom. The summed E-state index contributed by atoms with van der Waals surface area (Å²) in [5.41, 5.74) is 1.45. The summed E-state index contributed by atoms with van der Waals surface area (Å²) >= 11 is 0. The van der Waals surface area contributed by atoms with Crippen LogP contribution in [0.4, 0.5) is 5.69 Å². The molecule has 2 rings (SSSR count). The van der Waals surface area contributed by atoms with Gasteiger partial charge < -0.3 is 15.0 Å². The highest BCUT2D eigenvalue weighted by molar-refractivity contribution is 5.66. The SMILES string of the molecule is COc1cccc(C#N)c1NCC1CCCCN1C. The fourth-order valence-electron chi connectivity index (χ4n) is 2.60. The van der Waals surface area contributed by atoms with Crippen LogP contribution < -0.4 is 10.1 Å². The summed E-state index contributed by atoms with van der Waals surface area (Å²) in [7, 11) is 3.80. The molecule has 0 bridgehead atoms. The van der Waals surface area contributed by atoms with E-state index >= 15 is 0 Å². The Bertz CT molecular complexity index is 467. The predicted molar refractivity (Wildman–Crippen MR) is 76.5 cm³/mol.